The number of hydrogen-bond acceptors (Lipinski definition) is 4. The van der Waals surface area contributed by atoms with Crippen molar-refractivity contribution in [2.24, 2.45) is 5.73 Å². The minimum absolute atomic E-state index is 0.0327. The number of rotatable bonds is 8. The third-order valence-electron chi connectivity index (χ3n) is 4.47. The summed E-state index contributed by atoms with van der Waals surface area (Å²) >= 11 is 0. The molecule has 2 rings (SSSR count). The highest BCUT2D eigenvalue weighted by Gasteiger charge is 2.34. The van der Waals surface area contributed by atoms with E-state index in [0.717, 1.165) is 31.2 Å². The number of sulfone groups is 1. The average molecular weight is 338 g/mol. The Balaban J connectivity index is 1.79. The summed E-state index contributed by atoms with van der Waals surface area (Å²) < 4.78 is 24.2. The summed E-state index contributed by atoms with van der Waals surface area (Å²) in [6.45, 7) is 0.368. The van der Waals surface area contributed by atoms with Gasteiger partial charge in [0, 0.05) is 6.54 Å². The molecule has 5 nitrogen and oxygen atoms in total. The molecule has 6 heteroatoms. The molecule has 1 aliphatic rings. The molecule has 0 atom stereocenters. The van der Waals surface area contributed by atoms with E-state index < -0.39 is 27.0 Å². The van der Waals surface area contributed by atoms with Gasteiger partial charge >= 0.3 is 0 Å². The molecule has 0 saturated heterocycles. The van der Waals surface area contributed by atoms with Gasteiger partial charge in [-0.05, 0) is 31.2 Å². The predicted molar refractivity (Wildman–Crippen MR) is 91.8 cm³/mol. The lowest BCUT2D eigenvalue weighted by atomic mass is 9.98. The van der Waals surface area contributed by atoms with Crippen molar-refractivity contribution in [1.29, 1.82) is 0 Å². The number of nitrogens with one attached hydrogen (secondary N) is 1. The maximum Gasteiger partial charge on any atom is 0.235 e. The van der Waals surface area contributed by atoms with Crippen LogP contribution >= 0.6 is 0 Å². The van der Waals surface area contributed by atoms with Crippen molar-refractivity contribution in [3.05, 3.63) is 35.9 Å². The molecule has 0 aromatic heterocycles. The Bertz CT molecular complexity index is 608. The van der Waals surface area contributed by atoms with Gasteiger partial charge in [0.15, 0.2) is 9.84 Å². The number of amides is 1. The average Bonchev–Trinajstić information content (AvgIpc) is 2.96. The molecule has 3 N–H and O–H groups in total. The minimum atomic E-state index is -3.38. The van der Waals surface area contributed by atoms with Gasteiger partial charge in [-0.2, -0.15) is 0 Å². The van der Waals surface area contributed by atoms with Crippen LogP contribution in [-0.4, -0.2) is 37.9 Å². The smallest absolute Gasteiger partial charge is 0.235 e. The monoisotopic (exact) mass is 338 g/mol. The highest BCUT2D eigenvalue weighted by atomic mass is 32.2. The van der Waals surface area contributed by atoms with Crippen LogP contribution in [0, 0.1) is 0 Å². The van der Waals surface area contributed by atoms with Gasteiger partial charge in [-0.25, -0.2) is 8.42 Å². The molecule has 128 valence electrons. The van der Waals surface area contributed by atoms with Gasteiger partial charge in [0.05, 0.1) is 11.3 Å². The molecule has 0 unspecified atom stereocenters. The van der Waals surface area contributed by atoms with E-state index in [9.17, 15) is 13.2 Å². The summed E-state index contributed by atoms with van der Waals surface area (Å²) in [5.41, 5.74) is 6.48. The van der Waals surface area contributed by atoms with Gasteiger partial charge in [0.2, 0.25) is 5.91 Å². The van der Waals surface area contributed by atoms with E-state index in [1.54, 1.807) is 0 Å². The van der Waals surface area contributed by atoms with E-state index in [4.69, 9.17) is 5.73 Å². The van der Waals surface area contributed by atoms with Crippen LogP contribution in [0.25, 0.3) is 0 Å². The molecule has 23 heavy (non-hydrogen) atoms. The Morgan fingerprint density at radius 1 is 1.17 bits per heavy atom. The zero-order valence-corrected chi connectivity index (χ0v) is 14.3. The Kier molecular flexibility index (Phi) is 6.18. The topological polar surface area (TPSA) is 89.3 Å². The minimum Gasteiger partial charge on any atom is -0.349 e. The van der Waals surface area contributed by atoms with Crippen LogP contribution in [-0.2, 0) is 21.1 Å². The van der Waals surface area contributed by atoms with Gasteiger partial charge in [-0.1, -0.05) is 43.2 Å². The molecule has 1 amide bonds. The Hall–Kier alpha value is -1.40. The second kappa shape index (κ2) is 7.93. The quantitative estimate of drug-likeness (QED) is 0.750. The van der Waals surface area contributed by atoms with Gasteiger partial charge < -0.3 is 11.1 Å². The molecule has 1 fully saturated rings. The number of hydrogen-bond donors (Lipinski definition) is 2. The summed E-state index contributed by atoms with van der Waals surface area (Å²) in [6.07, 6.45) is 4.96. The number of carbonyl (C=O) groups excluding carboxylic acids is 1. The Morgan fingerprint density at radius 2 is 1.83 bits per heavy atom. The number of benzene rings is 1. The van der Waals surface area contributed by atoms with Gasteiger partial charge in [-0.3, -0.25) is 4.79 Å². The number of aryl methyl sites for hydroxylation is 1. The molecule has 0 radical (unpaired) electrons. The Morgan fingerprint density at radius 3 is 2.43 bits per heavy atom. The lowest BCUT2D eigenvalue weighted by Gasteiger charge is -2.28. The molecular weight excluding hydrogens is 312 g/mol. The SMILES string of the molecule is NCC1(NC(=O)CS(=O)(=O)CCCc2ccccc2)CCCC1. The normalized spacial score (nSPS) is 17.1. The first-order chi connectivity index (χ1) is 10.9. The third kappa shape index (κ3) is 5.62. The fraction of sp³-hybridized carbons (Fsp3) is 0.588. The zero-order chi connectivity index (χ0) is 16.8. The van der Waals surface area contributed by atoms with Crippen molar-refractivity contribution in [3.8, 4) is 0 Å². The van der Waals surface area contributed by atoms with Crippen molar-refractivity contribution in [1.82, 2.24) is 5.32 Å². The summed E-state index contributed by atoms with van der Waals surface area (Å²) in [5.74, 6) is -0.828. The van der Waals surface area contributed by atoms with Crippen molar-refractivity contribution >= 4 is 15.7 Å². The highest BCUT2D eigenvalue weighted by molar-refractivity contribution is 7.92. The standard InChI is InChI=1S/C17H26N2O3S/c18-14-17(10-4-5-11-17)19-16(20)13-23(21,22)12-6-9-15-7-2-1-3-8-15/h1-3,7-8H,4-6,9-14,18H2,(H,19,20). The van der Waals surface area contributed by atoms with E-state index in [1.165, 1.54) is 0 Å². The van der Waals surface area contributed by atoms with E-state index in [-0.39, 0.29) is 5.75 Å². The summed E-state index contributed by atoms with van der Waals surface area (Å²) in [5, 5.41) is 2.86. The van der Waals surface area contributed by atoms with Crippen LogP contribution in [0.5, 0.6) is 0 Å². The van der Waals surface area contributed by atoms with Crippen molar-refractivity contribution in [2.45, 2.75) is 44.1 Å². The molecule has 1 aromatic rings. The number of carbonyl (C=O) groups is 1. The van der Waals surface area contributed by atoms with E-state index >= 15 is 0 Å². The lowest BCUT2D eigenvalue weighted by Crippen LogP contribution is -2.53. The second-order valence-electron chi connectivity index (χ2n) is 6.42. The highest BCUT2D eigenvalue weighted by Crippen LogP contribution is 2.28. The molecule has 0 spiro atoms. The van der Waals surface area contributed by atoms with Crippen LogP contribution in [0.4, 0.5) is 0 Å². The predicted octanol–water partition coefficient (Wildman–Crippen LogP) is 1.42. The van der Waals surface area contributed by atoms with Crippen molar-refractivity contribution in [2.75, 3.05) is 18.1 Å². The second-order valence-corrected chi connectivity index (χ2v) is 8.60. The fourth-order valence-corrected chi connectivity index (χ4v) is 4.38. The summed E-state index contributed by atoms with van der Waals surface area (Å²) in [4.78, 5) is 12.1. The summed E-state index contributed by atoms with van der Waals surface area (Å²) in [7, 11) is -3.38. The van der Waals surface area contributed by atoms with Crippen LogP contribution in [0.2, 0.25) is 0 Å². The van der Waals surface area contributed by atoms with E-state index in [0.29, 0.717) is 19.4 Å². The maximum absolute atomic E-state index is 12.1. The number of nitrogens with two attached hydrogens (primary N) is 1. The molecule has 1 aliphatic carbocycles. The third-order valence-corrected chi connectivity index (χ3v) is 6.08. The maximum atomic E-state index is 12.1. The molecule has 0 aliphatic heterocycles. The zero-order valence-electron chi connectivity index (χ0n) is 13.5. The molecule has 1 saturated carbocycles. The van der Waals surface area contributed by atoms with Crippen LogP contribution in [0.3, 0.4) is 0 Å². The first kappa shape index (κ1) is 17.9. The van der Waals surface area contributed by atoms with Crippen molar-refractivity contribution < 1.29 is 13.2 Å². The summed E-state index contributed by atoms with van der Waals surface area (Å²) in [6, 6.07) is 9.76. The van der Waals surface area contributed by atoms with Crippen molar-refractivity contribution in [3.63, 3.8) is 0 Å². The van der Waals surface area contributed by atoms with E-state index in [1.807, 2.05) is 30.3 Å². The van der Waals surface area contributed by atoms with Crippen LogP contribution in [0.15, 0.2) is 30.3 Å². The lowest BCUT2D eigenvalue weighted by molar-refractivity contribution is -0.120. The largest absolute Gasteiger partial charge is 0.349 e. The van der Waals surface area contributed by atoms with E-state index in [2.05, 4.69) is 5.32 Å². The van der Waals surface area contributed by atoms with Crippen LogP contribution < -0.4 is 11.1 Å². The van der Waals surface area contributed by atoms with Gasteiger partial charge in [-0.15, -0.1) is 0 Å². The Labute approximate surface area is 138 Å². The van der Waals surface area contributed by atoms with Gasteiger partial charge in [0.1, 0.15) is 5.75 Å². The first-order valence-electron chi connectivity index (χ1n) is 8.20. The molecule has 1 aromatic carbocycles. The first-order valence-corrected chi connectivity index (χ1v) is 10.0. The van der Waals surface area contributed by atoms with Gasteiger partial charge in [0.25, 0.3) is 0 Å². The molecular formula is C17H26N2O3S. The molecule has 0 heterocycles. The van der Waals surface area contributed by atoms with Crippen LogP contribution in [0.1, 0.15) is 37.7 Å². The molecule has 0 bridgehead atoms. The fourth-order valence-electron chi connectivity index (χ4n) is 3.18.